The van der Waals surface area contributed by atoms with Gasteiger partial charge in [-0.05, 0) is 31.2 Å². The van der Waals surface area contributed by atoms with Crippen LogP contribution in [0.25, 0.3) is 0 Å². The van der Waals surface area contributed by atoms with E-state index in [2.05, 4.69) is 17.0 Å². The normalized spacial score (nSPS) is 26.9. The summed E-state index contributed by atoms with van der Waals surface area (Å²) in [6.07, 6.45) is 5.24. The van der Waals surface area contributed by atoms with Crippen molar-refractivity contribution in [2.75, 3.05) is 33.4 Å². The second-order valence-electron chi connectivity index (χ2n) is 7.38. The summed E-state index contributed by atoms with van der Waals surface area (Å²) in [5.74, 6) is 1.82. The van der Waals surface area contributed by atoms with Gasteiger partial charge in [-0.1, -0.05) is 18.2 Å². The molecule has 126 valence electrons. The Balaban J connectivity index is 1.29. The van der Waals surface area contributed by atoms with Crippen LogP contribution in [0.15, 0.2) is 24.3 Å². The van der Waals surface area contributed by atoms with Crippen molar-refractivity contribution in [3.05, 3.63) is 29.8 Å². The van der Waals surface area contributed by atoms with Gasteiger partial charge in [0, 0.05) is 44.8 Å². The van der Waals surface area contributed by atoms with Gasteiger partial charge in [0.15, 0.2) is 0 Å². The van der Waals surface area contributed by atoms with Crippen LogP contribution in [0.3, 0.4) is 0 Å². The van der Waals surface area contributed by atoms with E-state index in [1.165, 1.54) is 18.4 Å². The number of benzene rings is 1. The molecule has 1 saturated carbocycles. The van der Waals surface area contributed by atoms with Gasteiger partial charge in [0.05, 0.1) is 18.8 Å². The van der Waals surface area contributed by atoms with Gasteiger partial charge in [0.25, 0.3) is 0 Å². The van der Waals surface area contributed by atoms with E-state index in [4.69, 9.17) is 14.2 Å². The highest BCUT2D eigenvalue weighted by atomic mass is 16.5. The van der Waals surface area contributed by atoms with E-state index in [9.17, 15) is 0 Å². The molecule has 0 radical (unpaired) electrons. The summed E-state index contributed by atoms with van der Waals surface area (Å²) < 4.78 is 17.7. The van der Waals surface area contributed by atoms with Crippen LogP contribution in [0.1, 0.15) is 31.2 Å². The molecule has 3 aliphatic rings. The van der Waals surface area contributed by atoms with Gasteiger partial charge in [0.2, 0.25) is 0 Å². The molecule has 1 aromatic carbocycles. The Morgan fingerprint density at radius 3 is 2.83 bits per heavy atom. The highest BCUT2D eigenvalue weighted by molar-refractivity contribution is 5.33. The van der Waals surface area contributed by atoms with Crippen LogP contribution in [0.5, 0.6) is 5.75 Å². The van der Waals surface area contributed by atoms with Crippen LogP contribution in [0, 0.1) is 5.92 Å². The maximum Gasteiger partial charge on any atom is 0.123 e. The van der Waals surface area contributed by atoms with Gasteiger partial charge in [-0.2, -0.15) is 0 Å². The summed E-state index contributed by atoms with van der Waals surface area (Å²) in [5, 5.41) is 0. The molecule has 0 N–H and O–H groups in total. The molecule has 3 fully saturated rings. The molecule has 1 atom stereocenters. The van der Waals surface area contributed by atoms with Crippen molar-refractivity contribution in [1.82, 2.24) is 4.90 Å². The second-order valence-corrected chi connectivity index (χ2v) is 7.38. The molecule has 2 aliphatic heterocycles. The number of rotatable bonds is 6. The number of hydrogen-bond acceptors (Lipinski definition) is 4. The molecule has 2 heterocycles. The van der Waals surface area contributed by atoms with Crippen LogP contribution in [-0.4, -0.2) is 50.0 Å². The second kappa shape index (κ2) is 6.42. The SMILES string of the molecule is COc1ccccc1CN1CC2(C[C@@H](OCC3CC3)CCO2)C1. The number of hydrogen-bond donors (Lipinski definition) is 0. The summed E-state index contributed by atoms with van der Waals surface area (Å²) in [6.45, 7) is 4.76. The lowest BCUT2D eigenvalue weighted by Gasteiger charge is -2.53. The van der Waals surface area contributed by atoms with Crippen molar-refractivity contribution in [1.29, 1.82) is 0 Å². The van der Waals surface area contributed by atoms with Crippen molar-refractivity contribution in [2.45, 2.75) is 43.9 Å². The van der Waals surface area contributed by atoms with Crippen molar-refractivity contribution in [2.24, 2.45) is 5.92 Å². The van der Waals surface area contributed by atoms with Crippen molar-refractivity contribution in [3.8, 4) is 5.75 Å². The highest BCUT2D eigenvalue weighted by Crippen LogP contribution is 2.38. The van der Waals surface area contributed by atoms with E-state index in [0.717, 1.165) is 57.4 Å². The van der Waals surface area contributed by atoms with Gasteiger partial charge >= 0.3 is 0 Å². The maximum absolute atomic E-state index is 6.13. The molecule has 4 nitrogen and oxygen atoms in total. The molecular weight excluding hydrogens is 290 g/mol. The quantitative estimate of drug-likeness (QED) is 0.807. The number of ether oxygens (including phenoxy) is 3. The summed E-state index contributed by atoms with van der Waals surface area (Å²) in [5.41, 5.74) is 1.29. The fourth-order valence-corrected chi connectivity index (χ4v) is 3.86. The molecule has 1 aliphatic carbocycles. The molecular formula is C19H27NO3. The van der Waals surface area contributed by atoms with Gasteiger partial charge in [-0.25, -0.2) is 0 Å². The monoisotopic (exact) mass is 317 g/mol. The van der Waals surface area contributed by atoms with Gasteiger partial charge in [-0.15, -0.1) is 0 Å². The third-order valence-corrected chi connectivity index (χ3v) is 5.32. The minimum atomic E-state index is 0.0362. The Hall–Kier alpha value is -1.10. The Labute approximate surface area is 138 Å². The number of para-hydroxylation sites is 1. The molecule has 1 spiro atoms. The van der Waals surface area contributed by atoms with Crippen molar-refractivity contribution >= 4 is 0 Å². The first-order chi connectivity index (χ1) is 11.3. The number of likely N-dealkylation sites (tertiary alicyclic amines) is 1. The molecule has 4 heteroatoms. The summed E-state index contributed by atoms with van der Waals surface area (Å²) >= 11 is 0. The van der Waals surface area contributed by atoms with E-state index in [0.29, 0.717) is 6.10 Å². The zero-order valence-electron chi connectivity index (χ0n) is 14.0. The first-order valence-corrected chi connectivity index (χ1v) is 8.86. The Morgan fingerprint density at radius 2 is 2.04 bits per heavy atom. The minimum Gasteiger partial charge on any atom is -0.496 e. The van der Waals surface area contributed by atoms with Crippen molar-refractivity contribution in [3.63, 3.8) is 0 Å². The zero-order chi connectivity index (χ0) is 15.7. The van der Waals surface area contributed by atoms with E-state index in [1.54, 1.807) is 7.11 Å². The minimum absolute atomic E-state index is 0.0362. The van der Waals surface area contributed by atoms with Gasteiger partial charge in [0.1, 0.15) is 5.75 Å². The Bertz CT molecular complexity index is 537. The Morgan fingerprint density at radius 1 is 1.22 bits per heavy atom. The molecule has 0 aromatic heterocycles. The van der Waals surface area contributed by atoms with E-state index in [-0.39, 0.29) is 5.60 Å². The van der Waals surface area contributed by atoms with Crippen LogP contribution in [0.4, 0.5) is 0 Å². The average Bonchev–Trinajstić information content (AvgIpc) is 3.37. The first-order valence-electron chi connectivity index (χ1n) is 8.86. The lowest BCUT2D eigenvalue weighted by molar-refractivity contribution is -0.199. The van der Waals surface area contributed by atoms with Crippen LogP contribution in [0.2, 0.25) is 0 Å². The molecule has 4 rings (SSSR count). The van der Waals surface area contributed by atoms with E-state index >= 15 is 0 Å². The zero-order valence-corrected chi connectivity index (χ0v) is 14.0. The van der Waals surface area contributed by atoms with Gasteiger partial charge in [-0.3, -0.25) is 4.90 Å². The standard InChI is InChI=1S/C19H27NO3/c1-21-18-5-3-2-4-16(18)11-20-13-19(14-20)10-17(8-9-23-19)22-12-15-6-7-15/h2-5,15,17H,6-14H2,1H3/t17-/m0/s1. The first kappa shape index (κ1) is 15.4. The van der Waals surface area contributed by atoms with Crippen LogP contribution in [-0.2, 0) is 16.0 Å². The highest BCUT2D eigenvalue weighted by Gasteiger charge is 2.47. The van der Waals surface area contributed by atoms with E-state index in [1.807, 2.05) is 12.1 Å². The van der Waals surface area contributed by atoms with Crippen LogP contribution >= 0.6 is 0 Å². The predicted octanol–water partition coefficient (Wildman–Crippen LogP) is 2.86. The molecule has 23 heavy (non-hydrogen) atoms. The smallest absolute Gasteiger partial charge is 0.123 e. The molecule has 0 unspecified atom stereocenters. The summed E-state index contributed by atoms with van der Waals surface area (Å²) in [4.78, 5) is 2.45. The lowest BCUT2D eigenvalue weighted by atomic mass is 9.84. The molecule has 2 saturated heterocycles. The lowest BCUT2D eigenvalue weighted by Crippen LogP contribution is -2.65. The summed E-state index contributed by atoms with van der Waals surface area (Å²) in [6, 6.07) is 8.27. The maximum atomic E-state index is 6.13. The largest absolute Gasteiger partial charge is 0.496 e. The predicted molar refractivity (Wildman–Crippen MR) is 88.7 cm³/mol. The fraction of sp³-hybridized carbons (Fsp3) is 0.684. The number of methoxy groups -OCH3 is 1. The van der Waals surface area contributed by atoms with Gasteiger partial charge < -0.3 is 14.2 Å². The van der Waals surface area contributed by atoms with E-state index < -0.39 is 0 Å². The third kappa shape index (κ3) is 3.54. The average molecular weight is 317 g/mol. The molecule has 0 amide bonds. The Kier molecular flexibility index (Phi) is 4.31. The molecule has 1 aromatic rings. The van der Waals surface area contributed by atoms with Crippen LogP contribution < -0.4 is 4.74 Å². The number of nitrogens with zero attached hydrogens (tertiary/aromatic N) is 1. The molecule has 0 bridgehead atoms. The topological polar surface area (TPSA) is 30.9 Å². The van der Waals surface area contributed by atoms with Crippen molar-refractivity contribution < 1.29 is 14.2 Å². The summed E-state index contributed by atoms with van der Waals surface area (Å²) in [7, 11) is 1.74. The fourth-order valence-electron chi connectivity index (χ4n) is 3.86. The third-order valence-electron chi connectivity index (χ3n) is 5.32.